The van der Waals surface area contributed by atoms with E-state index in [1.165, 1.54) is 13.2 Å². The van der Waals surface area contributed by atoms with Gasteiger partial charge < -0.3 is 4.74 Å². The van der Waals surface area contributed by atoms with Gasteiger partial charge in [-0.05, 0) is 18.2 Å². The minimum Gasteiger partial charge on any atom is -0.497 e. The van der Waals surface area contributed by atoms with Crippen LogP contribution in [0.3, 0.4) is 0 Å². The molecular formula is C20H15F2N3O. The maximum absolute atomic E-state index is 14.3. The van der Waals surface area contributed by atoms with Crippen LogP contribution in [0.5, 0.6) is 5.75 Å². The Bertz CT molecular complexity index is 1070. The third kappa shape index (κ3) is 3.35. The number of methoxy groups -OCH3 is 1. The Hall–Kier alpha value is -3.41. The van der Waals surface area contributed by atoms with E-state index in [9.17, 15) is 8.78 Å². The van der Waals surface area contributed by atoms with Gasteiger partial charge in [0.2, 0.25) is 0 Å². The van der Waals surface area contributed by atoms with Crippen molar-refractivity contribution in [3.8, 4) is 28.5 Å². The van der Waals surface area contributed by atoms with Crippen molar-refractivity contribution in [2.75, 3.05) is 7.11 Å². The van der Waals surface area contributed by atoms with E-state index in [0.29, 0.717) is 22.1 Å². The van der Waals surface area contributed by atoms with Crippen LogP contribution < -0.4 is 15.3 Å². The second-order valence-electron chi connectivity index (χ2n) is 5.38. The van der Waals surface area contributed by atoms with Crippen molar-refractivity contribution in [1.29, 1.82) is 0 Å². The van der Waals surface area contributed by atoms with Gasteiger partial charge in [0.15, 0.2) is 5.82 Å². The molecule has 26 heavy (non-hydrogen) atoms. The highest BCUT2D eigenvalue weighted by Gasteiger charge is 2.16. The predicted molar refractivity (Wildman–Crippen MR) is 96.6 cm³/mol. The van der Waals surface area contributed by atoms with E-state index in [4.69, 9.17) is 4.74 Å². The van der Waals surface area contributed by atoms with Gasteiger partial charge in [0.1, 0.15) is 23.1 Å². The Morgan fingerprint density at radius 3 is 2.42 bits per heavy atom. The zero-order chi connectivity index (χ0) is 18.7. The van der Waals surface area contributed by atoms with Gasteiger partial charge in [-0.1, -0.05) is 25.3 Å². The van der Waals surface area contributed by atoms with E-state index in [1.54, 1.807) is 30.5 Å². The summed E-state index contributed by atoms with van der Waals surface area (Å²) in [5.74, 6) is -1.11. The molecule has 0 aliphatic heterocycles. The first kappa shape index (κ1) is 17.4. The van der Waals surface area contributed by atoms with Crippen LogP contribution in [0.4, 0.5) is 8.78 Å². The largest absolute Gasteiger partial charge is 0.497 e. The van der Waals surface area contributed by atoms with Gasteiger partial charge in [-0.15, -0.1) is 0 Å². The lowest BCUT2D eigenvalue weighted by molar-refractivity contribution is 0.407. The van der Waals surface area contributed by atoms with Gasteiger partial charge in [0.25, 0.3) is 0 Å². The molecule has 0 amide bonds. The molecule has 0 aliphatic rings. The molecule has 4 nitrogen and oxygen atoms in total. The van der Waals surface area contributed by atoms with E-state index in [1.807, 2.05) is 0 Å². The first-order valence-electron chi connectivity index (χ1n) is 7.69. The molecule has 0 aliphatic carbocycles. The summed E-state index contributed by atoms with van der Waals surface area (Å²) < 4.78 is 33.5. The van der Waals surface area contributed by atoms with Crippen LogP contribution >= 0.6 is 0 Å². The summed E-state index contributed by atoms with van der Waals surface area (Å²) in [5, 5.41) is 1.23. The Morgan fingerprint density at radius 1 is 1.08 bits per heavy atom. The number of ether oxygens (including phenoxy) is 1. The van der Waals surface area contributed by atoms with E-state index in [2.05, 4.69) is 28.1 Å². The summed E-state index contributed by atoms with van der Waals surface area (Å²) in [6.45, 7) is 7.48. The second-order valence-corrected chi connectivity index (χ2v) is 5.38. The van der Waals surface area contributed by atoms with Crippen molar-refractivity contribution >= 4 is 12.7 Å². The lowest BCUT2D eigenvalue weighted by Gasteiger charge is -2.08. The molecule has 0 saturated carbocycles. The molecule has 0 N–H and O–H groups in total. The molecule has 6 heteroatoms. The quantitative estimate of drug-likeness (QED) is 0.725. The lowest BCUT2D eigenvalue weighted by Crippen LogP contribution is -2.28. The summed E-state index contributed by atoms with van der Waals surface area (Å²) >= 11 is 0. The average molecular weight is 351 g/mol. The highest BCUT2D eigenvalue weighted by atomic mass is 19.1. The van der Waals surface area contributed by atoms with Crippen molar-refractivity contribution in [3.05, 3.63) is 71.4 Å². The first-order chi connectivity index (χ1) is 12.5. The molecule has 3 rings (SSSR count). The fourth-order valence-corrected chi connectivity index (χ4v) is 2.41. The second kappa shape index (κ2) is 7.23. The number of allylic oxidation sites excluding steroid dienone is 1. The van der Waals surface area contributed by atoms with Crippen molar-refractivity contribution in [2.45, 2.75) is 0 Å². The maximum Gasteiger partial charge on any atom is 0.178 e. The summed E-state index contributed by atoms with van der Waals surface area (Å²) in [6, 6.07) is 7.04. The number of benzene rings is 1. The molecule has 2 aromatic heterocycles. The van der Waals surface area contributed by atoms with Crippen molar-refractivity contribution in [2.24, 2.45) is 0 Å². The van der Waals surface area contributed by atoms with Gasteiger partial charge in [0.05, 0.1) is 23.7 Å². The van der Waals surface area contributed by atoms with Gasteiger partial charge >= 0.3 is 0 Å². The SMILES string of the molecule is C=C/C=c1/nc(-c2cccc(-c3c(F)cc(OC)cc3F)n2)ncc1=C. The number of nitrogens with zero attached hydrogens (tertiary/aromatic N) is 3. The monoisotopic (exact) mass is 351 g/mol. The number of aromatic nitrogens is 3. The summed E-state index contributed by atoms with van der Waals surface area (Å²) in [5.41, 5.74) is 0.284. The molecule has 0 saturated heterocycles. The molecule has 0 fully saturated rings. The molecular weight excluding hydrogens is 336 g/mol. The minimum absolute atomic E-state index is 0.0962. The molecule has 0 unspecified atom stereocenters. The van der Waals surface area contributed by atoms with Crippen LogP contribution in [-0.2, 0) is 0 Å². The Labute approximate surface area is 148 Å². The van der Waals surface area contributed by atoms with Crippen LogP contribution in [-0.4, -0.2) is 22.1 Å². The molecule has 0 bridgehead atoms. The van der Waals surface area contributed by atoms with E-state index >= 15 is 0 Å². The van der Waals surface area contributed by atoms with Gasteiger partial charge in [-0.3, -0.25) is 0 Å². The van der Waals surface area contributed by atoms with Crippen LogP contribution in [0.2, 0.25) is 0 Å². The van der Waals surface area contributed by atoms with Crippen LogP contribution in [0, 0.1) is 11.6 Å². The number of pyridine rings is 1. The van der Waals surface area contributed by atoms with Crippen molar-refractivity contribution < 1.29 is 13.5 Å². The first-order valence-corrected chi connectivity index (χ1v) is 7.69. The molecule has 0 spiro atoms. The number of rotatable bonds is 4. The summed E-state index contributed by atoms with van der Waals surface area (Å²) in [4.78, 5) is 12.9. The highest BCUT2D eigenvalue weighted by molar-refractivity contribution is 5.65. The smallest absolute Gasteiger partial charge is 0.178 e. The molecule has 1 aromatic carbocycles. The highest BCUT2D eigenvalue weighted by Crippen LogP contribution is 2.29. The van der Waals surface area contributed by atoms with Gasteiger partial charge in [0, 0.05) is 23.5 Å². The zero-order valence-corrected chi connectivity index (χ0v) is 14.0. The maximum atomic E-state index is 14.3. The molecule has 130 valence electrons. The average Bonchev–Trinajstić information content (AvgIpc) is 2.63. The Morgan fingerprint density at radius 2 is 1.77 bits per heavy atom. The molecule has 0 radical (unpaired) electrons. The molecule has 0 atom stereocenters. The zero-order valence-electron chi connectivity index (χ0n) is 14.0. The fourth-order valence-electron chi connectivity index (χ4n) is 2.41. The van der Waals surface area contributed by atoms with Gasteiger partial charge in [-0.25, -0.2) is 23.7 Å². The van der Waals surface area contributed by atoms with E-state index in [0.717, 1.165) is 12.1 Å². The van der Waals surface area contributed by atoms with E-state index in [-0.39, 0.29) is 17.0 Å². The van der Waals surface area contributed by atoms with Crippen molar-refractivity contribution in [3.63, 3.8) is 0 Å². The topological polar surface area (TPSA) is 47.9 Å². The molecule has 2 heterocycles. The fraction of sp³-hybridized carbons (Fsp3) is 0.0500. The number of halogens is 2. The number of hydrogen-bond donors (Lipinski definition) is 0. The standard InChI is InChI=1S/C20H15F2N3O/c1-4-6-16-12(2)11-23-20(25-16)18-8-5-7-17(24-18)19-14(21)9-13(26-3)10-15(19)22/h4-11H,1-2H2,3H3/b16-6+. The normalized spacial score (nSPS) is 11.4. The Balaban J connectivity index is 2.14. The van der Waals surface area contributed by atoms with Crippen LogP contribution in [0.1, 0.15) is 0 Å². The summed E-state index contributed by atoms with van der Waals surface area (Å²) in [6.07, 6.45) is 4.84. The predicted octanol–water partition coefficient (Wildman–Crippen LogP) is 2.87. The third-order valence-corrected chi connectivity index (χ3v) is 3.66. The minimum atomic E-state index is -0.763. The van der Waals surface area contributed by atoms with Crippen molar-refractivity contribution in [1.82, 2.24) is 15.0 Å². The number of hydrogen-bond acceptors (Lipinski definition) is 4. The molecule has 3 aromatic rings. The Kier molecular flexibility index (Phi) is 4.84. The van der Waals surface area contributed by atoms with Gasteiger partial charge in [-0.2, -0.15) is 0 Å². The lowest BCUT2D eigenvalue weighted by atomic mass is 10.1. The third-order valence-electron chi connectivity index (χ3n) is 3.66. The summed E-state index contributed by atoms with van der Waals surface area (Å²) in [7, 11) is 1.34. The van der Waals surface area contributed by atoms with Crippen LogP contribution in [0.15, 0.2) is 49.2 Å². The van der Waals surface area contributed by atoms with E-state index < -0.39 is 11.6 Å². The van der Waals surface area contributed by atoms with Crippen LogP contribution in [0.25, 0.3) is 35.4 Å².